The molecule has 2 unspecified atom stereocenters. The third kappa shape index (κ3) is 5.47. The van der Waals surface area contributed by atoms with Gasteiger partial charge >= 0.3 is 0 Å². The number of hydrogen-bond acceptors (Lipinski definition) is 3. The molecule has 2 amide bonds. The number of rotatable bonds is 7. The molecule has 6 heteroatoms. The highest BCUT2D eigenvalue weighted by molar-refractivity contribution is 5.88. The molecule has 0 saturated carbocycles. The molecular weight excluding hydrogens is 290 g/mol. The van der Waals surface area contributed by atoms with Gasteiger partial charge in [-0.1, -0.05) is 20.8 Å². The minimum absolute atomic E-state index is 0. The minimum Gasteiger partial charge on any atom is -0.344 e. The van der Waals surface area contributed by atoms with Crippen LogP contribution in [0.25, 0.3) is 0 Å². The number of amides is 2. The smallest absolute Gasteiger partial charge is 0.245 e. The lowest BCUT2D eigenvalue weighted by molar-refractivity contribution is -0.142. The van der Waals surface area contributed by atoms with Gasteiger partial charge < -0.3 is 15.5 Å². The maximum atomic E-state index is 12.5. The average Bonchev–Trinajstić information content (AvgIpc) is 2.82. The second-order valence-corrected chi connectivity index (χ2v) is 6.07. The Kier molecular flexibility index (Phi) is 8.90. The van der Waals surface area contributed by atoms with Crippen LogP contribution in [0.4, 0.5) is 0 Å². The maximum Gasteiger partial charge on any atom is 0.245 e. The van der Waals surface area contributed by atoms with E-state index < -0.39 is 0 Å². The van der Waals surface area contributed by atoms with Crippen LogP contribution in [0.5, 0.6) is 0 Å². The zero-order valence-electron chi connectivity index (χ0n) is 13.7. The normalized spacial score (nSPS) is 17.6. The molecular formula is C15H30ClN3O2. The molecule has 5 nitrogen and oxygen atoms in total. The number of likely N-dealkylation sites (N-methyl/N-ethyl adjacent to an activating group) is 1. The molecule has 0 aromatic carbocycles. The highest BCUT2D eigenvalue weighted by atomic mass is 35.5. The molecule has 1 saturated heterocycles. The first kappa shape index (κ1) is 20.2. The molecule has 0 bridgehead atoms. The second kappa shape index (κ2) is 9.26. The fourth-order valence-electron chi connectivity index (χ4n) is 2.57. The minimum atomic E-state index is -0.301. The van der Waals surface area contributed by atoms with Gasteiger partial charge in [-0.05, 0) is 25.2 Å². The molecule has 2 atom stereocenters. The van der Waals surface area contributed by atoms with Crippen LogP contribution in [-0.2, 0) is 9.59 Å². The Morgan fingerprint density at radius 1 is 1.43 bits per heavy atom. The van der Waals surface area contributed by atoms with E-state index in [1.807, 2.05) is 6.92 Å². The van der Waals surface area contributed by atoms with Crippen molar-refractivity contribution in [2.24, 2.45) is 11.7 Å². The summed E-state index contributed by atoms with van der Waals surface area (Å²) in [5.74, 6) is 0.567. The summed E-state index contributed by atoms with van der Waals surface area (Å²) in [7, 11) is 1.80. The summed E-state index contributed by atoms with van der Waals surface area (Å²) in [5, 5.41) is 0. The monoisotopic (exact) mass is 319 g/mol. The predicted molar refractivity (Wildman–Crippen MR) is 87.3 cm³/mol. The third-order valence-electron chi connectivity index (χ3n) is 4.19. The van der Waals surface area contributed by atoms with E-state index in [1.54, 1.807) is 16.8 Å². The van der Waals surface area contributed by atoms with E-state index in [4.69, 9.17) is 5.73 Å². The molecule has 2 N–H and O–H groups in total. The lowest BCUT2D eigenvalue weighted by Gasteiger charge is -2.30. The van der Waals surface area contributed by atoms with Crippen molar-refractivity contribution in [3.63, 3.8) is 0 Å². The molecule has 0 aromatic rings. The van der Waals surface area contributed by atoms with Gasteiger partial charge in [0.1, 0.15) is 6.04 Å². The van der Waals surface area contributed by atoms with Crippen molar-refractivity contribution in [3.8, 4) is 0 Å². The van der Waals surface area contributed by atoms with Gasteiger partial charge in [0.25, 0.3) is 0 Å². The van der Waals surface area contributed by atoms with E-state index in [0.717, 1.165) is 12.8 Å². The van der Waals surface area contributed by atoms with E-state index in [9.17, 15) is 9.59 Å². The summed E-state index contributed by atoms with van der Waals surface area (Å²) in [6.07, 6.45) is 2.91. The molecule has 1 aliphatic rings. The van der Waals surface area contributed by atoms with Crippen LogP contribution in [0, 0.1) is 5.92 Å². The SMILES string of the molecule is CCC(C(=O)N(C)CCC(N)C(C)C)N1CCCC1=O.Cl. The molecule has 0 aromatic heterocycles. The van der Waals surface area contributed by atoms with Crippen molar-refractivity contribution < 1.29 is 9.59 Å². The predicted octanol–water partition coefficient (Wildman–Crippen LogP) is 1.64. The van der Waals surface area contributed by atoms with Crippen LogP contribution < -0.4 is 5.73 Å². The van der Waals surface area contributed by atoms with Crippen molar-refractivity contribution in [2.45, 2.75) is 58.5 Å². The van der Waals surface area contributed by atoms with Gasteiger partial charge in [-0.3, -0.25) is 9.59 Å². The molecule has 1 aliphatic heterocycles. The first-order valence-corrected chi connectivity index (χ1v) is 7.68. The topological polar surface area (TPSA) is 66.6 Å². The quantitative estimate of drug-likeness (QED) is 0.775. The number of carbonyl (C=O) groups excluding carboxylic acids is 2. The van der Waals surface area contributed by atoms with Crippen LogP contribution in [0.3, 0.4) is 0 Å². The summed E-state index contributed by atoms with van der Waals surface area (Å²) in [4.78, 5) is 27.7. The lowest BCUT2D eigenvalue weighted by atomic mass is 10.0. The van der Waals surface area contributed by atoms with E-state index in [2.05, 4.69) is 13.8 Å². The molecule has 124 valence electrons. The van der Waals surface area contributed by atoms with Gasteiger partial charge in [-0.15, -0.1) is 12.4 Å². The Hall–Kier alpha value is -0.810. The van der Waals surface area contributed by atoms with E-state index in [-0.39, 0.29) is 36.3 Å². The van der Waals surface area contributed by atoms with E-state index in [0.29, 0.717) is 31.8 Å². The lowest BCUT2D eigenvalue weighted by Crippen LogP contribution is -2.48. The summed E-state index contributed by atoms with van der Waals surface area (Å²) in [5.41, 5.74) is 6.02. The van der Waals surface area contributed by atoms with Crippen molar-refractivity contribution in [3.05, 3.63) is 0 Å². The first-order chi connectivity index (χ1) is 9.38. The van der Waals surface area contributed by atoms with Crippen molar-refractivity contribution in [2.75, 3.05) is 20.1 Å². The zero-order chi connectivity index (χ0) is 15.3. The van der Waals surface area contributed by atoms with Gasteiger partial charge in [0, 0.05) is 32.6 Å². The Morgan fingerprint density at radius 3 is 2.48 bits per heavy atom. The van der Waals surface area contributed by atoms with Crippen LogP contribution >= 0.6 is 12.4 Å². The largest absolute Gasteiger partial charge is 0.344 e. The van der Waals surface area contributed by atoms with E-state index >= 15 is 0 Å². The van der Waals surface area contributed by atoms with Crippen LogP contribution in [0.2, 0.25) is 0 Å². The summed E-state index contributed by atoms with van der Waals surface area (Å²) in [6, 6.07) is -0.191. The number of likely N-dealkylation sites (tertiary alicyclic amines) is 1. The van der Waals surface area contributed by atoms with Gasteiger partial charge in [-0.2, -0.15) is 0 Å². The average molecular weight is 320 g/mol. The molecule has 0 spiro atoms. The Balaban J connectivity index is 0.00000400. The number of nitrogens with zero attached hydrogens (tertiary/aromatic N) is 2. The third-order valence-corrected chi connectivity index (χ3v) is 4.19. The molecule has 1 heterocycles. The van der Waals surface area contributed by atoms with Gasteiger partial charge in [0.2, 0.25) is 11.8 Å². The fraction of sp³-hybridized carbons (Fsp3) is 0.867. The maximum absolute atomic E-state index is 12.5. The van der Waals surface area contributed by atoms with Crippen molar-refractivity contribution in [1.82, 2.24) is 9.80 Å². The number of halogens is 1. The molecule has 21 heavy (non-hydrogen) atoms. The standard InChI is InChI=1S/C15H29N3O2.ClH/c1-5-13(18-9-6-7-14(18)19)15(20)17(4)10-8-12(16)11(2)3;/h11-13H,5-10,16H2,1-4H3;1H. The highest BCUT2D eigenvalue weighted by Gasteiger charge is 2.33. The summed E-state index contributed by atoms with van der Waals surface area (Å²) < 4.78 is 0. The summed E-state index contributed by atoms with van der Waals surface area (Å²) in [6.45, 7) is 7.50. The van der Waals surface area contributed by atoms with Crippen molar-refractivity contribution in [1.29, 1.82) is 0 Å². The second-order valence-electron chi connectivity index (χ2n) is 6.07. The van der Waals surface area contributed by atoms with E-state index in [1.165, 1.54) is 0 Å². The van der Waals surface area contributed by atoms with Crippen LogP contribution in [-0.4, -0.2) is 53.8 Å². The number of nitrogens with two attached hydrogens (primary N) is 1. The number of hydrogen-bond donors (Lipinski definition) is 1. The Bertz CT molecular complexity index is 350. The Labute approximate surface area is 134 Å². The molecule has 1 fully saturated rings. The van der Waals surface area contributed by atoms with Crippen molar-refractivity contribution >= 4 is 24.2 Å². The van der Waals surface area contributed by atoms with Gasteiger partial charge in [0.05, 0.1) is 0 Å². The Morgan fingerprint density at radius 2 is 2.05 bits per heavy atom. The van der Waals surface area contributed by atoms with Gasteiger partial charge in [0.15, 0.2) is 0 Å². The first-order valence-electron chi connectivity index (χ1n) is 7.68. The molecule has 0 radical (unpaired) electrons. The van der Waals surface area contributed by atoms with Crippen LogP contribution in [0.15, 0.2) is 0 Å². The number of carbonyl (C=O) groups is 2. The molecule has 0 aliphatic carbocycles. The highest BCUT2D eigenvalue weighted by Crippen LogP contribution is 2.17. The summed E-state index contributed by atoms with van der Waals surface area (Å²) >= 11 is 0. The zero-order valence-corrected chi connectivity index (χ0v) is 14.5. The molecule has 1 rings (SSSR count). The van der Waals surface area contributed by atoms with Gasteiger partial charge in [-0.25, -0.2) is 0 Å². The van der Waals surface area contributed by atoms with Crippen LogP contribution in [0.1, 0.15) is 46.5 Å². The fourth-order valence-corrected chi connectivity index (χ4v) is 2.57.